The van der Waals surface area contributed by atoms with Crippen molar-refractivity contribution in [1.29, 1.82) is 0 Å². The molecule has 0 spiro atoms. The number of rotatable bonds is 17. The number of nitrogens with one attached hydrogen (secondary N) is 7. The molecule has 2 fully saturated rings. The van der Waals surface area contributed by atoms with Crippen molar-refractivity contribution in [2.45, 2.75) is 50.7 Å². The van der Waals surface area contributed by atoms with E-state index in [2.05, 4.69) is 37.2 Å². The lowest BCUT2D eigenvalue weighted by Gasteiger charge is -2.39. The van der Waals surface area contributed by atoms with E-state index in [1.807, 2.05) is 0 Å². The molecule has 21 nitrogen and oxygen atoms in total. The monoisotopic (exact) mass is 843 g/mol. The summed E-state index contributed by atoms with van der Waals surface area (Å²) in [6, 6.07) is 13.7. The number of carbonyl (C=O) groups is 9. The van der Waals surface area contributed by atoms with Gasteiger partial charge in [-0.25, -0.2) is 9.59 Å². The molecule has 3 aliphatic heterocycles. The summed E-state index contributed by atoms with van der Waals surface area (Å²) in [5.74, 6) is -4.96. The van der Waals surface area contributed by atoms with Gasteiger partial charge >= 0.3 is 12.2 Å². The lowest BCUT2D eigenvalue weighted by molar-refractivity contribution is -0.137. The van der Waals surface area contributed by atoms with Gasteiger partial charge in [-0.15, -0.1) is 0 Å². The van der Waals surface area contributed by atoms with Crippen LogP contribution in [0.25, 0.3) is 0 Å². The summed E-state index contributed by atoms with van der Waals surface area (Å²) in [5, 5.41) is 18.0. The third-order valence-corrected chi connectivity index (χ3v) is 10.6. The first-order valence-corrected chi connectivity index (χ1v) is 19.1. The van der Waals surface area contributed by atoms with Gasteiger partial charge in [0.1, 0.15) is 19.3 Å². The zero-order valence-electron chi connectivity index (χ0n) is 33.4. The number of ketones is 2. The quantitative estimate of drug-likeness (QED) is 0.0654. The van der Waals surface area contributed by atoms with Crippen molar-refractivity contribution in [3.8, 4) is 0 Å². The van der Waals surface area contributed by atoms with E-state index in [0.717, 1.165) is 5.56 Å². The van der Waals surface area contributed by atoms with Crippen molar-refractivity contribution in [2.75, 3.05) is 45.2 Å². The highest BCUT2D eigenvalue weighted by Crippen LogP contribution is 2.55. The van der Waals surface area contributed by atoms with Gasteiger partial charge in [-0.1, -0.05) is 42.5 Å². The average Bonchev–Trinajstić information content (AvgIpc) is 3.85. The smallest absolute Gasteiger partial charge is 0.412 e. The minimum atomic E-state index is -1.18. The highest BCUT2D eigenvalue weighted by molar-refractivity contribution is 6.26. The van der Waals surface area contributed by atoms with Crippen LogP contribution in [0.2, 0.25) is 0 Å². The van der Waals surface area contributed by atoms with E-state index in [1.165, 1.54) is 33.1 Å². The van der Waals surface area contributed by atoms with Crippen molar-refractivity contribution in [2.24, 2.45) is 11.7 Å². The number of nitrogens with two attached hydrogens (primary N) is 1. The SMILES string of the molecule is CO[C@@]12[C@H](COC(N)=O)C3=C(C(=O)C(C)=C(NC(=O)OCc4ccc(NC(=O)CNC(=O)[C@H](Cc5ccccc5)NC(=O)CNC(=O)CNC(C)=O)cc4)C3=O)N1C[C@@H]1N[C@@H]12. The summed E-state index contributed by atoms with van der Waals surface area (Å²) >= 11 is 0. The molecular weight excluding hydrogens is 798 g/mol. The van der Waals surface area contributed by atoms with E-state index in [1.54, 1.807) is 47.4 Å². The van der Waals surface area contributed by atoms with Crippen LogP contribution in [-0.4, -0.2) is 122 Å². The molecule has 0 radical (unpaired) electrons. The van der Waals surface area contributed by atoms with Crippen LogP contribution in [-0.2, 0) is 60.8 Å². The molecule has 2 aromatic carbocycles. The second kappa shape index (κ2) is 18.4. The number of ether oxygens (including phenoxy) is 3. The number of amides is 7. The Morgan fingerprint density at radius 2 is 1.54 bits per heavy atom. The number of carbonyl (C=O) groups excluding carboxylic acids is 9. The number of benzene rings is 2. The minimum absolute atomic E-state index is 0.00922. The van der Waals surface area contributed by atoms with Gasteiger partial charge in [0.25, 0.3) is 0 Å². The van der Waals surface area contributed by atoms with Gasteiger partial charge in [-0.3, -0.25) is 38.9 Å². The van der Waals surface area contributed by atoms with Crippen molar-refractivity contribution in [3.63, 3.8) is 0 Å². The van der Waals surface area contributed by atoms with Crippen LogP contribution in [0.15, 0.2) is 77.1 Å². The Morgan fingerprint density at radius 3 is 2.21 bits per heavy atom. The van der Waals surface area contributed by atoms with E-state index < -0.39 is 84.1 Å². The molecular formula is C40H45N9O12. The van der Waals surface area contributed by atoms with Gasteiger partial charge in [0.15, 0.2) is 5.72 Å². The van der Waals surface area contributed by atoms with Gasteiger partial charge in [0.2, 0.25) is 41.1 Å². The summed E-state index contributed by atoms with van der Waals surface area (Å²) in [6.07, 6.45) is -1.99. The molecule has 6 rings (SSSR count). The van der Waals surface area contributed by atoms with Crippen LogP contribution in [0.5, 0.6) is 0 Å². The average molecular weight is 844 g/mol. The van der Waals surface area contributed by atoms with Crippen molar-refractivity contribution in [3.05, 3.63) is 88.3 Å². The predicted octanol–water partition coefficient (Wildman–Crippen LogP) is -1.65. The van der Waals surface area contributed by atoms with Gasteiger partial charge in [0.05, 0.1) is 43.0 Å². The Bertz CT molecular complexity index is 2210. The Kier molecular flexibility index (Phi) is 13.1. The molecule has 2 saturated heterocycles. The lowest BCUT2D eigenvalue weighted by atomic mass is 9.82. The summed E-state index contributed by atoms with van der Waals surface area (Å²) < 4.78 is 16.4. The molecule has 0 saturated carbocycles. The predicted molar refractivity (Wildman–Crippen MR) is 211 cm³/mol. The van der Waals surface area contributed by atoms with E-state index in [4.69, 9.17) is 19.9 Å². The Morgan fingerprint density at radius 1 is 0.852 bits per heavy atom. The Hall–Kier alpha value is -7.13. The zero-order chi connectivity index (χ0) is 44.0. The van der Waals surface area contributed by atoms with Crippen LogP contribution in [0.1, 0.15) is 25.0 Å². The zero-order valence-corrected chi connectivity index (χ0v) is 33.4. The number of methoxy groups -OCH3 is 1. The third-order valence-electron chi connectivity index (χ3n) is 10.6. The summed E-state index contributed by atoms with van der Waals surface area (Å²) in [5.41, 5.74) is 5.51. The van der Waals surface area contributed by atoms with Crippen LogP contribution >= 0.6 is 0 Å². The molecule has 5 atom stereocenters. The molecule has 322 valence electrons. The first kappa shape index (κ1) is 43.4. The van der Waals surface area contributed by atoms with Crippen LogP contribution in [0.3, 0.4) is 0 Å². The number of nitrogens with zero attached hydrogens (tertiary/aromatic N) is 1. The van der Waals surface area contributed by atoms with E-state index in [9.17, 15) is 43.2 Å². The maximum Gasteiger partial charge on any atom is 0.412 e. The molecule has 7 amide bonds. The number of hydrogen-bond acceptors (Lipinski definition) is 14. The van der Waals surface area contributed by atoms with Gasteiger partial charge in [-0.05, 0) is 30.2 Å². The number of hydrogen-bond donors (Lipinski definition) is 8. The Balaban J connectivity index is 0.991. The second-order valence-electron chi connectivity index (χ2n) is 14.6. The standard InChI is InChI=1S/C40H45N9O12/c1-20-32(35(55)31-25(19-60-38(41)57)40(59-3)36-27(47-36)17-49(40)33(31)34(20)54)48-39(58)61-18-23-9-11-24(12-10-23)45-29(52)16-44-37(56)26(13-22-7-5-4-6-8-22)46-30(53)15-43-28(51)14-42-21(2)50/h4-12,25-27,36,47H,13-19H2,1-3H3,(H2,41,57)(H,42,50)(H,43,51)(H,44,56)(H,45,52)(H,46,53)(H,48,58)/t25-,26+,27+,36+,40-/m1/s1. The first-order chi connectivity index (χ1) is 29.1. The molecule has 4 aliphatic rings. The first-order valence-electron chi connectivity index (χ1n) is 19.1. The van der Waals surface area contributed by atoms with Gasteiger partial charge in [0, 0.05) is 49.9 Å². The van der Waals surface area contributed by atoms with Crippen LogP contribution < -0.4 is 43.0 Å². The normalized spacial score (nSPS) is 21.3. The Labute approximate surface area is 348 Å². The van der Waals surface area contributed by atoms with Crippen LogP contribution in [0.4, 0.5) is 15.3 Å². The largest absolute Gasteiger partial charge is 0.449 e. The minimum Gasteiger partial charge on any atom is -0.449 e. The number of alkyl carbamates (subject to hydrolysis) is 1. The molecule has 21 heteroatoms. The molecule has 0 aromatic heterocycles. The molecule has 0 bridgehead atoms. The van der Waals surface area contributed by atoms with Crippen molar-refractivity contribution in [1.82, 2.24) is 36.8 Å². The van der Waals surface area contributed by atoms with Crippen molar-refractivity contribution < 1.29 is 57.4 Å². The second-order valence-corrected chi connectivity index (χ2v) is 14.6. The summed E-state index contributed by atoms with van der Waals surface area (Å²) in [4.78, 5) is 115. The lowest BCUT2D eigenvalue weighted by Crippen LogP contribution is -2.55. The topological polar surface area (TPSA) is 305 Å². The molecule has 0 unspecified atom stereocenters. The van der Waals surface area contributed by atoms with Crippen molar-refractivity contribution >= 4 is 59.0 Å². The highest BCUT2D eigenvalue weighted by atomic mass is 16.6. The number of piperazine rings is 1. The number of Topliss-reactive ketones (excluding diaryl/α,β-unsaturated/α-hetero) is 2. The van der Waals surface area contributed by atoms with Gasteiger partial charge < -0.3 is 56.7 Å². The third kappa shape index (κ3) is 9.68. The summed E-state index contributed by atoms with van der Waals surface area (Å²) in [6.45, 7) is 1.22. The molecule has 61 heavy (non-hydrogen) atoms. The maximum atomic E-state index is 14.0. The van der Waals surface area contributed by atoms with E-state index >= 15 is 0 Å². The fraction of sp³-hybridized carbons (Fsp3) is 0.375. The molecule has 9 N–H and O–H groups in total. The number of allylic oxidation sites excluding steroid dienone is 2. The summed E-state index contributed by atoms with van der Waals surface area (Å²) in [7, 11) is 1.44. The fourth-order valence-electron chi connectivity index (χ4n) is 7.66. The van der Waals surface area contributed by atoms with Gasteiger partial charge in [-0.2, -0.15) is 0 Å². The number of primary amides is 1. The van der Waals surface area contributed by atoms with E-state index in [-0.39, 0.29) is 60.8 Å². The maximum absolute atomic E-state index is 14.0. The van der Waals surface area contributed by atoms with Crippen LogP contribution in [0, 0.1) is 5.92 Å². The highest BCUT2D eigenvalue weighted by Gasteiger charge is 2.72. The molecule has 1 aliphatic carbocycles. The number of anilines is 1. The number of fused-ring (bicyclic) bond motifs is 4. The molecule has 3 heterocycles. The van der Waals surface area contributed by atoms with E-state index in [0.29, 0.717) is 17.8 Å². The fourth-order valence-corrected chi connectivity index (χ4v) is 7.66. The molecule has 2 aromatic rings.